The van der Waals surface area contributed by atoms with Crippen molar-refractivity contribution >= 4 is 0 Å². The third-order valence-corrected chi connectivity index (χ3v) is 4.29. The number of nitrogens with one attached hydrogen (secondary N) is 1. The van der Waals surface area contributed by atoms with E-state index in [4.69, 9.17) is 10.6 Å². The molecular weight excluding hydrogens is 262 g/mol. The first-order chi connectivity index (χ1) is 10.3. The fourth-order valence-corrected chi connectivity index (χ4v) is 3.32. The molecule has 2 atom stereocenters. The van der Waals surface area contributed by atoms with Gasteiger partial charge in [-0.3, -0.25) is 16.3 Å². The minimum absolute atomic E-state index is 0.00935. The van der Waals surface area contributed by atoms with Crippen LogP contribution in [0.5, 0.6) is 5.75 Å². The predicted octanol–water partition coefficient (Wildman–Crippen LogP) is 2.71. The Morgan fingerprint density at radius 2 is 2.14 bits per heavy atom. The van der Waals surface area contributed by atoms with E-state index in [0.717, 1.165) is 36.3 Å². The number of ether oxygens (including phenoxy) is 1. The molecule has 0 saturated carbocycles. The first kappa shape index (κ1) is 14.0. The number of rotatable bonds is 4. The molecule has 3 N–H and O–H groups in total. The summed E-state index contributed by atoms with van der Waals surface area (Å²) in [5, 5.41) is 0. The lowest BCUT2D eigenvalue weighted by molar-refractivity contribution is 0.367. The maximum atomic E-state index is 5.88. The zero-order valence-electron chi connectivity index (χ0n) is 12.3. The van der Waals surface area contributed by atoms with E-state index in [1.165, 1.54) is 5.56 Å². The molecule has 1 aromatic carbocycles. The van der Waals surface area contributed by atoms with Crippen LogP contribution in [0.4, 0.5) is 0 Å². The third-order valence-electron chi connectivity index (χ3n) is 4.29. The molecule has 110 valence electrons. The normalized spacial score (nSPS) is 18.9. The van der Waals surface area contributed by atoms with E-state index >= 15 is 0 Å². The summed E-state index contributed by atoms with van der Waals surface area (Å²) in [5.74, 6) is 7.02. The minimum atomic E-state index is 0.00935. The molecule has 2 aromatic rings. The van der Waals surface area contributed by atoms with Crippen molar-refractivity contribution in [2.45, 2.75) is 31.2 Å². The summed E-state index contributed by atoms with van der Waals surface area (Å²) in [6.45, 7) is 0. The average molecular weight is 283 g/mol. The average Bonchev–Trinajstić information content (AvgIpc) is 2.56. The van der Waals surface area contributed by atoms with Crippen LogP contribution in [0.3, 0.4) is 0 Å². The van der Waals surface area contributed by atoms with Gasteiger partial charge in [0.15, 0.2) is 0 Å². The molecule has 3 rings (SSSR count). The quantitative estimate of drug-likeness (QED) is 0.669. The van der Waals surface area contributed by atoms with Gasteiger partial charge in [0.25, 0.3) is 0 Å². The van der Waals surface area contributed by atoms with Crippen LogP contribution in [-0.2, 0) is 6.42 Å². The fourth-order valence-electron chi connectivity index (χ4n) is 3.32. The van der Waals surface area contributed by atoms with Crippen LogP contribution in [0.15, 0.2) is 42.6 Å². The number of benzene rings is 1. The van der Waals surface area contributed by atoms with Gasteiger partial charge >= 0.3 is 0 Å². The summed E-state index contributed by atoms with van der Waals surface area (Å²) in [4.78, 5) is 4.61. The van der Waals surface area contributed by atoms with Crippen molar-refractivity contribution < 1.29 is 4.74 Å². The first-order valence-corrected chi connectivity index (χ1v) is 7.38. The Balaban J connectivity index is 2.01. The van der Waals surface area contributed by atoms with Crippen LogP contribution >= 0.6 is 0 Å². The van der Waals surface area contributed by atoms with E-state index in [1.807, 2.05) is 30.5 Å². The van der Waals surface area contributed by atoms with E-state index in [0.29, 0.717) is 0 Å². The summed E-state index contributed by atoms with van der Waals surface area (Å²) in [5.41, 5.74) is 6.57. The van der Waals surface area contributed by atoms with Crippen molar-refractivity contribution in [1.29, 1.82) is 0 Å². The first-order valence-electron chi connectivity index (χ1n) is 7.38. The Morgan fingerprint density at radius 3 is 2.95 bits per heavy atom. The van der Waals surface area contributed by atoms with Crippen molar-refractivity contribution in [3.63, 3.8) is 0 Å². The van der Waals surface area contributed by atoms with Crippen molar-refractivity contribution in [2.24, 2.45) is 5.84 Å². The zero-order chi connectivity index (χ0) is 14.7. The molecule has 0 fully saturated rings. The zero-order valence-corrected chi connectivity index (χ0v) is 12.3. The number of hydrogen-bond acceptors (Lipinski definition) is 4. The highest BCUT2D eigenvalue weighted by atomic mass is 16.5. The third kappa shape index (κ3) is 2.64. The molecule has 0 spiro atoms. The second-order valence-corrected chi connectivity index (χ2v) is 5.43. The predicted molar refractivity (Wildman–Crippen MR) is 83.0 cm³/mol. The smallest absolute Gasteiger partial charge is 0.123 e. The molecule has 1 heterocycles. The molecule has 4 nitrogen and oxygen atoms in total. The molecule has 0 amide bonds. The Labute approximate surface area is 125 Å². The van der Waals surface area contributed by atoms with Crippen LogP contribution in [0.2, 0.25) is 0 Å². The Hall–Kier alpha value is -1.91. The van der Waals surface area contributed by atoms with E-state index in [9.17, 15) is 0 Å². The van der Waals surface area contributed by atoms with Crippen LogP contribution in [0.1, 0.15) is 41.6 Å². The summed E-state index contributed by atoms with van der Waals surface area (Å²) < 4.78 is 5.49. The summed E-state index contributed by atoms with van der Waals surface area (Å²) in [6, 6.07) is 12.2. The Kier molecular flexibility index (Phi) is 4.18. The molecule has 0 bridgehead atoms. The Bertz CT molecular complexity index is 614. The monoisotopic (exact) mass is 283 g/mol. The number of aryl methyl sites for hydroxylation is 1. The van der Waals surface area contributed by atoms with Crippen LogP contribution < -0.4 is 16.0 Å². The molecule has 2 unspecified atom stereocenters. The number of methoxy groups -OCH3 is 1. The molecule has 1 aliphatic carbocycles. The van der Waals surface area contributed by atoms with Gasteiger partial charge < -0.3 is 4.74 Å². The highest BCUT2D eigenvalue weighted by molar-refractivity contribution is 5.39. The number of pyridine rings is 1. The highest BCUT2D eigenvalue weighted by Crippen LogP contribution is 2.41. The number of fused-ring (bicyclic) bond motifs is 1. The lowest BCUT2D eigenvalue weighted by Gasteiger charge is -2.32. The lowest BCUT2D eigenvalue weighted by Crippen LogP contribution is -2.34. The molecular formula is C17H21N3O. The van der Waals surface area contributed by atoms with Crippen LogP contribution in [-0.4, -0.2) is 12.1 Å². The van der Waals surface area contributed by atoms with E-state index < -0.39 is 0 Å². The van der Waals surface area contributed by atoms with E-state index in [1.54, 1.807) is 7.11 Å². The van der Waals surface area contributed by atoms with Crippen LogP contribution in [0, 0.1) is 0 Å². The number of hydrazine groups is 1. The van der Waals surface area contributed by atoms with Crippen molar-refractivity contribution in [1.82, 2.24) is 10.4 Å². The maximum absolute atomic E-state index is 5.88. The van der Waals surface area contributed by atoms with Gasteiger partial charge in [-0.05, 0) is 37.0 Å². The number of nitrogens with zero attached hydrogens (tertiary/aromatic N) is 1. The molecule has 0 saturated heterocycles. The van der Waals surface area contributed by atoms with Gasteiger partial charge in [0.05, 0.1) is 13.2 Å². The van der Waals surface area contributed by atoms with Crippen molar-refractivity contribution in [3.8, 4) is 5.75 Å². The largest absolute Gasteiger partial charge is 0.496 e. The minimum Gasteiger partial charge on any atom is -0.496 e. The molecule has 1 aliphatic rings. The molecule has 0 aliphatic heterocycles. The maximum Gasteiger partial charge on any atom is 0.123 e. The lowest BCUT2D eigenvalue weighted by atomic mass is 9.79. The SMILES string of the molecule is COc1ccccc1C(NN)C1CCCc2cccnc21. The fraction of sp³-hybridized carbons (Fsp3) is 0.353. The van der Waals surface area contributed by atoms with Gasteiger partial charge in [0.1, 0.15) is 5.75 Å². The molecule has 1 aromatic heterocycles. The van der Waals surface area contributed by atoms with Gasteiger partial charge in [-0.15, -0.1) is 0 Å². The molecule has 0 radical (unpaired) electrons. The van der Waals surface area contributed by atoms with Crippen molar-refractivity contribution in [2.75, 3.05) is 7.11 Å². The summed E-state index contributed by atoms with van der Waals surface area (Å²) in [7, 11) is 1.69. The van der Waals surface area contributed by atoms with Gasteiger partial charge in [-0.1, -0.05) is 24.3 Å². The van der Waals surface area contributed by atoms with Gasteiger partial charge in [-0.25, -0.2) is 0 Å². The van der Waals surface area contributed by atoms with Crippen LogP contribution in [0.25, 0.3) is 0 Å². The highest BCUT2D eigenvalue weighted by Gasteiger charge is 2.30. The second kappa shape index (κ2) is 6.24. The van der Waals surface area contributed by atoms with Gasteiger partial charge in [0, 0.05) is 23.4 Å². The Morgan fingerprint density at radius 1 is 1.29 bits per heavy atom. The number of nitrogens with two attached hydrogens (primary N) is 1. The summed E-state index contributed by atoms with van der Waals surface area (Å²) >= 11 is 0. The topological polar surface area (TPSA) is 60.2 Å². The molecule has 4 heteroatoms. The number of hydrogen-bond donors (Lipinski definition) is 2. The van der Waals surface area contributed by atoms with Crippen molar-refractivity contribution in [3.05, 3.63) is 59.4 Å². The summed E-state index contributed by atoms with van der Waals surface area (Å²) in [6.07, 6.45) is 5.21. The number of aromatic nitrogens is 1. The second-order valence-electron chi connectivity index (χ2n) is 5.43. The van der Waals surface area contributed by atoms with E-state index in [2.05, 4.69) is 22.5 Å². The number of para-hydroxylation sites is 1. The van der Waals surface area contributed by atoms with Gasteiger partial charge in [0.2, 0.25) is 0 Å². The standard InChI is InChI=1S/C17H21N3O/c1-21-15-10-3-2-8-13(15)17(20-18)14-9-4-6-12-7-5-11-19-16(12)14/h2-3,5,7-8,10-11,14,17,20H,4,6,9,18H2,1H3. The van der Waals surface area contributed by atoms with E-state index in [-0.39, 0.29) is 12.0 Å². The van der Waals surface area contributed by atoms with Gasteiger partial charge in [-0.2, -0.15) is 0 Å². The molecule has 21 heavy (non-hydrogen) atoms.